The maximum absolute atomic E-state index is 16.2. The average molecular weight is 642 g/mol. The number of aliphatic hydroxyl groups excluding tert-OH is 1. The molecule has 0 aromatic heterocycles. The van der Waals surface area contributed by atoms with Crippen molar-refractivity contribution in [3.63, 3.8) is 0 Å². The highest BCUT2D eigenvalue weighted by molar-refractivity contribution is 6.07. The van der Waals surface area contributed by atoms with Gasteiger partial charge < -0.3 is 24.4 Å². The fraction of sp³-hybridized carbons (Fsp3) is 0.432. The molecule has 3 aromatic carbocycles. The third-order valence-electron chi connectivity index (χ3n) is 10.5. The van der Waals surface area contributed by atoms with Crippen LogP contribution in [0.3, 0.4) is 0 Å². The molecule has 0 bridgehead atoms. The van der Waals surface area contributed by atoms with Gasteiger partial charge in [0.2, 0.25) is 5.91 Å². The standard InChI is InChI=1S/C37H40FN3O6/c1-23-33(36(2,3)38)31(19-32(43)40-21-26-11-5-4-10-25(26)18-28(40)22-42)47-37(23)29-13-6-7-14-30(29)41(34(37)44)20-24-9-8-12-27(17-24)39-15-16-46-35(39)45/h4-14,17,23,28,31,33,42H,15-16,18-22H2,1-3H3/t23-,28+,31+,33-,37+/m1/s1. The summed E-state index contributed by atoms with van der Waals surface area (Å²) in [6.45, 7) is 5.96. The number of hydrogen-bond donors (Lipinski definition) is 1. The number of carbonyl (C=O) groups is 3. The zero-order valence-corrected chi connectivity index (χ0v) is 26.9. The van der Waals surface area contributed by atoms with Crippen molar-refractivity contribution in [2.24, 2.45) is 11.8 Å². The molecule has 0 radical (unpaired) electrons. The lowest BCUT2D eigenvalue weighted by Crippen LogP contribution is -2.48. The van der Waals surface area contributed by atoms with Crippen LogP contribution in [-0.2, 0) is 44.2 Å². The van der Waals surface area contributed by atoms with Crippen LogP contribution in [0, 0.1) is 11.8 Å². The van der Waals surface area contributed by atoms with Crippen LogP contribution in [0.5, 0.6) is 0 Å². The number of amides is 3. The highest BCUT2D eigenvalue weighted by atomic mass is 19.1. The Morgan fingerprint density at radius 3 is 2.51 bits per heavy atom. The summed E-state index contributed by atoms with van der Waals surface area (Å²) in [4.78, 5) is 45.8. The zero-order valence-electron chi connectivity index (χ0n) is 26.9. The SMILES string of the molecule is C[C@@H]1[C@@H](C(C)(C)F)[C@H](CC(=O)N2Cc3ccccc3C[C@H]2CO)O[C@@]12C(=O)N(Cc1cccc(N3CCOC3=O)c1)c1ccccc12. The highest BCUT2D eigenvalue weighted by Gasteiger charge is 2.66. The molecular weight excluding hydrogens is 601 g/mol. The topological polar surface area (TPSA) is 99.6 Å². The van der Waals surface area contributed by atoms with Gasteiger partial charge in [0.15, 0.2) is 5.60 Å². The van der Waals surface area contributed by atoms with Gasteiger partial charge in [-0.25, -0.2) is 9.18 Å². The molecule has 0 unspecified atom stereocenters. The first-order valence-corrected chi connectivity index (χ1v) is 16.3. The number of carbonyl (C=O) groups excluding carboxylic acids is 3. The van der Waals surface area contributed by atoms with Crippen LogP contribution >= 0.6 is 0 Å². The second-order valence-electron chi connectivity index (χ2n) is 13.7. The van der Waals surface area contributed by atoms with Crippen molar-refractivity contribution < 1.29 is 33.4 Å². The first kappa shape index (κ1) is 31.3. The molecule has 0 saturated carbocycles. The van der Waals surface area contributed by atoms with E-state index >= 15 is 4.39 Å². The maximum Gasteiger partial charge on any atom is 0.414 e. The first-order valence-electron chi connectivity index (χ1n) is 16.3. The van der Waals surface area contributed by atoms with Crippen molar-refractivity contribution in [3.05, 3.63) is 95.1 Å². The summed E-state index contributed by atoms with van der Waals surface area (Å²) < 4.78 is 28.1. The number of halogens is 1. The summed E-state index contributed by atoms with van der Waals surface area (Å²) in [5.41, 5.74) is 1.68. The summed E-state index contributed by atoms with van der Waals surface area (Å²) in [7, 11) is 0. The van der Waals surface area contributed by atoms with E-state index in [4.69, 9.17) is 9.47 Å². The van der Waals surface area contributed by atoms with Crippen molar-refractivity contribution >= 4 is 29.3 Å². The molecule has 3 aromatic rings. The van der Waals surface area contributed by atoms with Crippen LogP contribution in [0.2, 0.25) is 0 Å². The van der Waals surface area contributed by atoms with E-state index in [0.717, 1.165) is 16.7 Å². The molecule has 1 spiro atoms. The van der Waals surface area contributed by atoms with Gasteiger partial charge in [-0.05, 0) is 55.2 Å². The van der Waals surface area contributed by atoms with Gasteiger partial charge in [0.05, 0.1) is 44.0 Å². The van der Waals surface area contributed by atoms with Crippen molar-refractivity contribution in [2.45, 2.75) is 70.1 Å². The first-order chi connectivity index (χ1) is 22.5. The average Bonchev–Trinajstić information content (AvgIpc) is 3.69. The predicted molar refractivity (Wildman–Crippen MR) is 173 cm³/mol. The van der Waals surface area contributed by atoms with E-state index < -0.39 is 41.3 Å². The Balaban J connectivity index is 1.20. The van der Waals surface area contributed by atoms with Gasteiger partial charge in [-0.3, -0.25) is 14.5 Å². The van der Waals surface area contributed by atoms with E-state index in [1.165, 1.54) is 13.8 Å². The lowest BCUT2D eigenvalue weighted by Gasteiger charge is -2.37. The second kappa shape index (κ2) is 11.8. The lowest BCUT2D eigenvalue weighted by atomic mass is 9.71. The van der Waals surface area contributed by atoms with Crippen molar-refractivity contribution in [1.82, 2.24) is 4.90 Å². The number of benzene rings is 3. The Morgan fingerprint density at radius 2 is 1.79 bits per heavy atom. The molecular formula is C37H40FN3O6. The van der Waals surface area contributed by atoms with Crippen LogP contribution in [0.1, 0.15) is 49.4 Å². The molecule has 5 atom stereocenters. The van der Waals surface area contributed by atoms with Crippen LogP contribution in [-0.4, -0.2) is 65.5 Å². The van der Waals surface area contributed by atoms with Gasteiger partial charge in [0.1, 0.15) is 12.3 Å². The van der Waals surface area contributed by atoms with Crippen molar-refractivity contribution in [2.75, 3.05) is 29.6 Å². The normalized spacial score (nSPS) is 27.0. The molecule has 4 aliphatic heterocycles. The third kappa shape index (κ3) is 5.18. The highest BCUT2D eigenvalue weighted by Crippen LogP contribution is 2.58. The molecule has 2 saturated heterocycles. The number of ether oxygens (including phenoxy) is 2. The molecule has 2 fully saturated rings. The maximum atomic E-state index is 16.2. The molecule has 7 rings (SSSR count). The number of fused-ring (bicyclic) bond motifs is 3. The number of para-hydroxylation sites is 1. The third-order valence-corrected chi connectivity index (χ3v) is 10.5. The Labute approximate surface area is 273 Å². The molecule has 4 aliphatic rings. The van der Waals surface area contributed by atoms with Gasteiger partial charge in [0.25, 0.3) is 5.91 Å². The summed E-state index contributed by atoms with van der Waals surface area (Å²) >= 11 is 0. The molecule has 47 heavy (non-hydrogen) atoms. The Bertz CT molecular complexity index is 1720. The molecule has 1 N–H and O–H groups in total. The second-order valence-corrected chi connectivity index (χ2v) is 13.7. The van der Waals surface area contributed by atoms with E-state index in [1.54, 1.807) is 14.7 Å². The number of nitrogens with zero attached hydrogens (tertiary/aromatic N) is 3. The Hall–Kier alpha value is -4.28. The van der Waals surface area contributed by atoms with E-state index in [0.29, 0.717) is 43.1 Å². The molecule has 3 amide bonds. The quantitative estimate of drug-likeness (QED) is 0.385. The minimum atomic E-state index is -1.76. The van der Waals surface area contributed by atoms with Gasteiger partial charge in [0, 0.05) is 29.6 Å². The van der Waals surface area contributed by atoms with E-state index in [9.17, 15) is 19.5 Å². The summed E-state index contributed by atoms with van der Waals surface area (Å²) in [5.74, 6) is -1.91. The number of aliphatic hydroxyl groups is 1. The summed E-state index contributed by atoms with van der Waals surface area (Å²) in [6.07, 6.45) is -0.873. The predicted octanol–water partition coefficient (Wildman–Crippen LogP) is 5.12. The van der Waals surface area contributed by atoms with E-state index in [1.807, 2.05) is 79.7 Å². The largest absolute Gasteiger partial charge is 0.447 e. The fourth-order valence-electron chi connectivity index (χ4n) is 8.32. The minimum absolute atomic E-state index is 0.119. The fourth-order valence-corrected chi connectivity index (χ4v) is 8.32. The van der Waals surface area contributed by atoms with E-state index in [2.05, 4.69) is 0 Å². The number of alkyl halides is 1. The van der Waals surface area contributed by atoms with Crippen LogP contribution < -0.4 is 9.80 Å². The molecule has 0 aliphatic carbocycles. The summed E-state index contributed by atoms with van der Waals surface area (Å²) in [6, 6.07) is 22.3. The monoisotopic (exact) mass is 641 g/mol. The van der Waals surface area contributed by atoms with Crippen molar-refractivity contribution in [1.29, 1.82) is 0 Å². The molecule has 10 heteroatoms. The Morgan fingerprint density at radius 1 is 1.04 bits per heavy atom. The molecule has 246 valence electrons. The van der Waals surface area contributed by atoms with Gasteiger partial charge >= 0.3 is 6.09 Å². The van der Waals surface area contributed by atoms with Gasteiger partial charge in [-0.1, -0.05) is 61.5 Å². The van der Waals surface area contributed by atoms with Crippen LogP contribution in [0.4, 0.5) is 20.6 Å². The smallest absolute Gasteiger partial charge is 0.414 e. The van der Waals surface area contributed by atoms with Gasteiger partial charge in [-0.15, -0.1) is 0 Å². The summed E-state index contributed by atoms with van der Waals surface area (Å²) in [5, 5.41) is 10.2. The van der Waals surface area contributed by atoms with Crippen LogP contribution in [0.15, 0.2) is 72.8 Å². The van der Waals surface area contributed by atoms with Crippen molar-refractivity contribution in [3.8, 4) is 0 Å². The zero-order chi connectivity index (χ0) is 33.1. The number of cyclic esters (lactones) is 1. The molecule has 9 nitrogen and oxygen atoms in total. The molecule has 4 heterocycles. The number of hydrogen-bond acceptors (Lipinski definition) is 6. The lowest BCUT2D eigenvalue weighted by molar-refractivity contribution is -0.151. The van der Waals surface area contributed by atoms with E-state index in [-0.39, 0.29) is 31.4 Å². The van der Waals surface area contributed by atoms with Crippen LogP contribution in [0.25, 0.3) is 0 Å². The minimum Gasteiger partial charge on any atom is -0.447 e. The Kier molecular flexibility index (Phi) is 7.83. The van der Waals surface area contributed by atoms with Gasteiger partial charge in [-0.2, -0.15) is 0 Å². The number of anilines is 2. The number of rotatable bonds is 7.